The Morgan fingerprint density at radius 2 is 2.17 bits per heavy atom. The minimum Gasteiger partial charge on any atom is -0.344 e. The summed E-state index contributed by atoms with van der Waals surface area (Å²) in [5.41, 5.74) is 0.359. The van der Waals surface area contributed by atoms with Gasteiger partial charge in [0.1, 0.15) is 0 Å². The molecule has 1 heterocycles. The van der Waals surface area contributed by atoms with Crippen molar-refractivity contribution in [2.75, 3.05) is 20.1 Å². The summed E-state index contributed by atoms with van der Waals surface area (Å²) in [6, 6.07) is 0.617. The van der Waals surface area contributed by atoms with E-state index in [4.69, 9.17) is 0 Å². The average Bonchev–Trinajstić information content (AvgIpc) is 2.00. The molecule has 4 N–H and O–H groups in total. The van der Waals surface area contributed by atoms with Crippen LogP contribution in [0.1, 0.15) is 27.2 Å². The standard InChI is InChI=1S/C9H20N2.H3N/c1-5-9(3)8(2)10-6-7-11(9)4;/h8,10H,5-7H2,1-4H3;1H3. The predicted octanol–water partition coefficient (Wildman–Crippen LogP) is 1.24. The molecule has 2 unspecified atom stereocenters. The fraction of sp³-hybridized carbons (Fsp3) is 1.00. The molecule has 1 aliphatic rings. The molecule has 0 bridgehead atoms. The quantitative estimate of drug-likeness (QED) is 0.627. The maximum absolute atomic E-state index is 3.51. The van der Waals surface area contributed by atoms with Crippen molar-refractivity contribution in [2.45, 2.75) is 38.8 Å². The van der Waals surface area contributed by atoms with Crippen molar-refractivity contribution in [3.63, 3.8) is 0 Å². The summed E-state index contributed by atoms with van der Waals surface area (Å²) in [5, 5.41) is 3.51. The Bertz CT molecular complexity index is 126. The highest BCUT2D eigenvalue weighted by Gasteiger charge is 2.35. The zero-order valence-electron chi connectivity index (χ0n) is 8.85. The summed E-state index contributed by atoms with van der Waals surface area (Å²) in [6.45, 7) is 9.19. The number of nitrogens with zero attached hydrogens (tertiary/aromatic N) is 1. The van der Waals surface area contributed by atoms with E-state index in [-0.39, 0.29) is 6.15 Å². The van der Waals surface area contributed by atoms with Gasteiger partial charge in [-0.05, 0) is 27.3 Å². The van der Waals surface area contributed by atoms with E-state index < -0.39 is 0 Å². The van der Waals surface area contributed by atoms with Crippen LogP contribution in [-0.2, 0) is 0 Å². The van der Waals surface area contributed by atoms with Crippen molar-refractivity contribution >= 4 is 0 Å². The molecule has 74 valence electrons. The van der Waals surface area contributed by atoms with E-state index in [2.05, 4.69) is 38.0 Å². The van der Waals surface area contributed by atoms with E-state index in [1.165, 1.54) is 13.0 Å². The molecule has 0 spiro atoms. The van der Waals surface area contributed by atoms with Gasteiger partial charge >= 0.3 is 0 Å². The van der Waals surface area contributed by atoms with Crippen molar-refractivity contribution in [3.8, 4) is 0 Å². The van der Waals surface area contributed by atoms with Crippen LogP contribution in [0.15, 0.2) is 0 Å². The summed E-state index contributed by atoms with van der Waals surface area (Å²) < 4.78 is 0. The summed E-state index contributed by atoms with van der Waals surface area (Å²) >= 11 is 0. The molecule has 1 fully saturated rings. The second-order valence-electron chi connectivity index (χ2n) is 3.81. The molecule has 0 radical (unpaired) electrons. The zero-order chi connectivity index (χ0) is 8.48. The van der Waals surface area contributed by atoms with Gasteiger partial charge in [-0.1, -0.05) is 6.92 Å². The molecule has 0 saturated carbocycles. The lowest BCUT2D eigenvalue weighted by Crippen LogP contribution is -2.62. The first-order chi connectivity index (χ1) is 5.11. The van der Waals surface area contributed by atoms with Gasteiger partial charge in [0.15, 0.2) is 0 Å². The minimum absolute atomic E-state index is 0. The fourth-order valence-corrected chi connectivity index (χ4v) is 1.83. The first-order valence-corrected chi connectivity index (χ1v) is 4.56. The van der Waals surface area contributed by atoms with Crippen LogP contribution in [0.3, 0.4) is 0 Å². The number of nitrogens with one attached hydrogen (secondary N) is 1. The summed E-state index contributed by atoms with van der Waals surface area (Å²) in [4.78, 5) is 2.47. The Balaban J connectivity index is 0.00000121. The maximum Gasteiger partial charge on any atom is 0.0326 e. The first kappa shape index (κ1) is 11.9. The normalized spacial score (nSPS) is 37.5. The van der Waals surface area contributed by atoms with Crippen molar-refractivity contribution in [1.82, 2.24) is 16.4 Å². The molecule has 0 aromatic heterocycles. The second kappa shape index (κ2) is 4.21. The molecule has 0 aromatic carbocycles. The van der Waals surface area contributed by atoms with Crippen LogP contribution in [0.2, 0.25) is 0 Å². The van der Waals surface area contributed by atoms with Gasteiger partial charge in [0.2, 0.25) is 0 Å². The molecular weight excluding hydrogens is 150 g/mol. The minimum atomic E-state index is 0. The lowest BCUT2D eigenvalue weighted by atomic mass is 9.87. The van der Waals surface area contributed by atoms with Crippen LogP contribution < -0.4 is 11.5 Å². The van der Waals surface area contributed by atoms with E-state index in [0.29, 0.717) is 11.6 Å². The van der Waals surface area contributed by atoms with E-state index in [0.717, 1.165) is 6.54 Å². The predicted molar refractivity (Wildman–Crippen MR) is 53.8 cm³/mol. The monoisotopic (exact) mass is 173 g/mol. The highest BCUT2D eigenvalue weighted by molar-refractivity contribution is 4.95. The fourth-order valence-electron chi connectivity index (χ4n) is 1.83. The van der Waals surface area contributed by atoms with Crippen molar-refractivity contribution in [3.05, 3.63) is 0 Å². The number of piperazine rings is 1. The van der Waals surface area contributed by atoms with Crippen LogP contribution in [-0.4, -0.2) is 36.6 Å². The molecule has 1 rings (SSSR count). The zero-order valence-corrected chi connectivity index (χ0v) is 8.85. The molecule has 1 aliphatic heterocycles. The maximum atomic E-state index is 3.51. The summed E-state index contributed by atoms with van der Waals surface area (Å²) in [7, 11) is 2.22. The number of rotatable bonds is 1. The molecule has 3 heteroatoms. The SMILES string of the molecule is CCC1(C)C(C)NCCN1C.N. The van der Waals surface area contributed by atoms with Gasteiger partial charge in [-0.2, -0.15) is 0 Å². The highest BCUT2D eigenvalue weighted by Crippen LogP contribution is 2.24. The lowest BCUT2D eigenvalue weighted by Gasteiger charge is -2.47. The van der Waals surface area contributed by atoms with E-state index in [1.807, 2.05) is 0 Å². The molecular formula is C9H23N3. The largest absolute Gasteiger partial charge is 0.344 e. The van der Waals surface area contributed by atoms with Gasteiger partial charge in [-0.3, -0.25) is 4.90 Å². The van der Waals surface area contributed by atoms with Crippen LogP contribution >= 0.6 is 0 Å². The van der Waals surface area contributed by atoms with E-state index in [1.54, 1.807) is 0 Å². The smallest absolute Gasteiger partial charge is 0.0326 e. The van der Waals surface area contributed by atoms with Crippen LogP contribution in [0.25, 0.3) is 0 Å². The van der Waals surface area contributed by atoms with Crippen molar-refractivity contribution in [1.29, 1.82) is 0 Å². The van der Waals surface area contributed by atoms with Crippen molar-refractivity contribution in [2.24, 2.45) is 0 Å². The third kappa shape index (κ3) is 1.79. The molecule has 1 saturated heterocycles. The Morgan fingerprint density at radius 3 is 2.50 bits per heavy atom. The van der Waals surface area contributed by atoms with Crippen molar-refractivity contribution < 1.29 is 0 Å². The van der Waals surface area contributed by atoms with Gasteiger partial charge < -0.3 is 11.5 Å². The van der Waals surface area contributed by atoms with Gasteiger partial charge in [0, 0.05) is 24.7 Å². The van der Waals surface area contributed by atoms with Crippen LogP contribution in [0.4, 0.5) is 0 Å². The molecule has 12 heavy (non-hydrogen) atoms. The highest BCUT2D eigenvalue weighted by atomic mass is 15.2. The Kier molecular flexibility index (Phi) is 4.17. The topological polar surface area (TPSA) is 50.3 Å². The molecule has 0 aromatic rings. The van der Waals surface area contributed by atoms with Gasteiger partial charge in [-0.15, -0.1) is 0 Å². The molecule has 3 nitrogen and oxygen atoms in total. The third-order valence-electron chi connectivity index (χ3n) is 3.42. The molecule has 0 aliphatic carbocycles. The van der Waals surface area contributed by atoms with Crippen LogP contribution in [0, 0.1) is 0 Å². The number of likely N-dealkylation sites (N-methyl/N-ethyl adjacent to an activating group) is 1. The third-order valence-corrected chi connectivity index (χ3v) is 3.42. The van der Waals surface area contributed by atoms with Gasteiger partial charge in [0.05, 0.1) is 0 Å². The van der Waals surface area contributed by atoms with Gasteiger partial charge in [-0.25, -0.2) is 0 Å². The van der Waals surface area contributed by atoms with Crippen LogP contribution in [0.5, 0.6) is 0 Å². The Morgan fingerprint density at radius 1 is 1.58 bits per heavy atom. The Hall–Kier alpha value is -0.120. The molecule has 2 atom stereocenters. The van der Waals surface area contributed by atoms with E-state index >= 15 is 0 Å². The Labute approximate surface area is 76.1 Å². The average molecular weight is 173 g/mol. The van der Waals surface area contributed by atoms with Gasteiger partial charge in [0.25, 0.3) is 0 Å². The first-order valence-electron chi connectivity index (χ1n) is 4.56. The summed E-state index contributed by atoms with van der Waals surface area (Å²) in [6.07, 6.45) is 1.22. The van der Waals surface area contributed by atoms with E-state index in [9.17, 15) is 0 Å². The number of hydrogen-bond donors (Lipinski definition) is 2. The molecule has 0 amide bonds. The number of hydrogen-bond acceptors (Lipinski definition) is 3. The summed E-state index contributed by atoms with van der Waals surface area (Å²) in [5.74, 6) is 0. The second-order valence-corrected chi connectivity index (χ2v) is 3.81. The lowest BCUT2D eigenvalue weighted by molar-refractivity contribution is 0.0618.